The quantitative estimate of drug-likeness (QED) is 0.909. The first-order valence-electron chi connectivity index (χ1n) is 6.83. The number of nitrogens with zero attached hydrogens (tertiary/aromatic N) is 1. The second-order valence-electron chi connectivity index (χ2n) is 5.22. The Balaban J connectivity index is 1.87. The Morgan fingerprint density at radius 3 is 2.68 bits per heavy atom. The molecule has 104 valence electrons. The van der Waals surface area contributed by atoms with Crippen LogP contribution in [0.25, 0.3) is 0 Å². The van der Waals surface area contributed by atoms with Crippen LogP contribution in [-0.2, 0) is 4.79 Å². The number of rotatable bonds is 3. The predicted molar refractivity (Wildman–Crippen MR) is 73.2 cm³/mol. The molecule has 0 spiro atoms. The number of nitrogens with one attached hydrogen (secondary N) is 1. The Morgan fingerprint density at radius 1 is 1.42 bits per heavy atom. The fourth-order valence-corrected chi connectivity index (χ4v) is 2.59. The molecule has 0 bridgehead atoms. The van der Waals surface area contributed by atoms with Crippen LogP contribution in [0, 0.1) is 5.82 Å². The van der Waals surface area contributed by atoms with E-state index in [1.807, 2.05) is 17.9 Å². The van der Waals surface area contributed by atoms with Crippen molar-refractivity contribution in [2.24, 2.45) is 0 Å². The fourth-order valence-electron chi connectivity index (χ4n) is 2.59. The Bertz CT molecular complexity index is 442. The lowest BCUT2D eigenvalue weighted by molar-refractivity contribution is -0.129. The van der Waals surface area contributed by atoms with Crippen molar-refractivity contribution < 1.29 is 9.18 Å². The van der Waals surface area contributed by atoms with Gasteiger partial charge in [-0.1, -0.05) is 12.1 Å². The first-order valence-corrected chi connectivity index (χ1v) is 6.83. The molecule has 1 aliphatic rings. The molecule has 0 radical (unpaired) electrons. The van der Waals surface area contributed by atoms with Crippen LogP contribution in [0.2, 0.25) is 0 Å². The van der Waals surface area contributed by atoms with Crippen molar-refractivity contribution in [3.63, 3.8) is 0 Å². The summed E-state index contributed by atoms with van der Waals surface area (Å²) in [6.45, 7) is 5.28. The normalized spacial score (nSPS) is 18.4. The van der Waals surface area contributed by atoms with Gasteiger partial charge in [-0.2, -0.15) is 0 Å². The molecular formula is C15H21FN2O. The number of halogens is 1. The number of hydrogen-bond acceptors (Lipinski definition) is 2. The molecule has 1 aliphatic heterocycles. The first kappa shape index (κ1) is 14.0. The van der Waals surface area contributed by atoms with Gasteiger partial charge in [0.2, 0.25) is 5.91 Å². The molecule has 0 aromatic heterocycles. The topological polar surface area (TPSA) is 32.3 Å². The highest BCUT2D eigenvalue weighted by atomic mass is 19.1. The van der Waals surface area contributed by atoms with Crippen LogP contribution in [0.3, 0.4) is 0 Å². The van der Waals surface area contributed by atoms with Gasteiger partial charge in [-0.15, -0.1) is 0 Å². The number of amides is 1. The Labute approximate surface area is 113 Å². The average Bonchev–Trinajstić information content (AvgIpc) is 2.39. The van der Waals surface area contributed by atoms with Crippen LogP contribution in [0.1, 0.15) is 38.3 Å². The molecule has 2 rings (SSSR count). The molecule has 0 aliphatic carbocycles. The van der Waals surface area contributed by atoms with Crippen molar-refractivity contribution in [1.82, 2.24) is 10.2 Å². The molecule has 0 unspecified atom stereocenters. The van der Waals surface area contributed by atoms with Gasteiger partial charge >= 0.3 is 0 Å². The second-order valence-corrected chi connectivity index (χ2v) is 5.22. The highest BCUT2D eigenvalue weighted by Gasteiger charge is 2.21. The van der Waals surface area contributed by atoms with E-state index in [-0.39, 0.29) is 17.8 Å². The number of carbonyl (C=O) groups is 1. The molecule has 1 aromatic carbocycles. The lowest BCUT2D eigenvalue weighted by Gasteiger charge is -2.33. The van der Waals surface area contributed by atoms with Gasteiger partial charge in [0.25, 0.3) is 0 Å². The van der Waals surface area contributed by atoms with Gasteiger partial charge < -0.3 is 10.2 Å². The highest BCUT2D eigenvalue weighted by molar-refractivity contribution is 5.73. The third-order valence-corrected chi connectivity index (χ3v) is 3.77. The zero-order valence-corrected chi connectivity index (χ0v) is 11.5. The molecule has 19 heavy (non-hydrogen) atoms. The lowest BCUT2D eigenvalue weighted by atomic mass is 10.0. The lowest BCUT2D eigenvalue weighted by Crippen LogP contribution is -2.44. The number of benzene rings is 1. The van der Waals surface area contributed by atoms with Crippen molar-refractivity contribution in [2.75, 3.05) is 13.1 Å². The number of carbonyl (C=O) groups excluding carboxylic acids is 1. The third kappa shape index (κ3) is 3.77. The molecule has 1 heterocycles. The summed E-state index contributed by atoms with van der Waals surface area (Å²) in [6.07, 6.45) is 1.92. The van der Waals surface area contributed by atoms with E-state index in [0.717, 1.165) is 31.5 Å². The Hall–Kier alpha value is -1.42. The minimum absolute atomic E-state index is 0.129. The van der Waals surface area contributed by atoms with Crippen LogP contribution in [0.5, 0.6) is 0 Å². The maximum atomic E-state index is 13.2. The van der Waals surface area contributed by atoms with Gasteiger partial charge in [0.05, 0.1) is 0 Å². The van der Waals surface area contributed by atoms with Gasteiger partial charge in [0, 0.05) is 32.1 Å². The van der Waals surface area contributed by atoms with Gasteiger partial charge in [-0.05, 0) is 37.5 Å². The van der Waals surface area contributed by atoms with Gasteiger partial charge in [0.1, 0.15) is 5.82 Å². The van der Waals surface area contributed by atoms with E-state index in [4.69, 9.17) is 0 Å². The number of piperidine rings is 1. The predicted octanol–water partition coefficient (Wildman–Crippen LogP) is 2.49. The van der Waals surface area contributed by atoms with E-state index in [1.54, 1.807) is 19.1 Å². The van der Waals surface area contributed by atoms with E-state index >= 15 is 0 Å². The van der Waals surface area contributed by atoms with Crippen molar-refractivity contribution >= 4 is 5.91 Å². The molecule has 4 heteroatoms. The summed E-state index contributed by atoms with van der Waals surface area (Å²) in [5.74, 6) is -0.0471. The van der Waals surface area contributed by atoms with Crippen molar-refractivity contribution in [2.45, 2.75) is 38.8 Å². The van der Waals surface area contributed by atoms with Crippen LogP contribution in [-0.4, -0.2) is 29.9 Å². The van der Waals surface area contributed by atoms with Gasteiger partial charge in [-0.3, -0.25) is 4.79 Å². The van der Waals surface area contributed by atoms with E-state index in [1.165, 1.54) is 6.07 Å². The van der Waals surface area contributed by atoms with E-state index < -0.39 is 0 Å². The summed E-state index contributed by atoms with van der Waals surface area (Å²) in [4.78, 5) is 13.1. The Kier molecular flexibility index (Phi) is 4.53. The molecule has 1 atom stereocenters. The average molecular weight is 264 g/mol. The zero-order valence-electron chi connectivity index (χ0n) is 11.5. The van der Waals surface area contributed by atoms with E-state index in [0.29, 0.717) is 6.04 Å². The van der Waals surface area contributed by atoms with Crippen LogP contribution in [0.4, 0.5) is 4.39 Å². The molecular weight excluding hydrogens is 243 g/mol. The maximum Gasteiger partial charge on any atom is 0.219 e. The number of likely N-dealkylation sites (tertiary alicyclic amines) is 1. The van der Waals surface area contributed by atoms with E-state index in [9.17, 15) is 9.18 Å². The van der Waals surface area contributed by atoms with E-state index in [2.05, 4.69) is 5.32 Å². The van der Waals surface area contributed by atoms with Crippen LogP contribution < -0.4 is 5.32 Å². The summed E-state index contributed by atoms with van der Waals surface area (Å²) in [5.41, 5.74) is 0.967. The minimum Gasteiger partial charge on any atom is -0.343 e. The summed E-state index contributed by atoms with van der Waals surface area (Å²) in [7, 11) is 0. The van der Waals surface area contributed by atoms with Crippen molar-refractivity contribution in [3.8, 4) is 0 Å². The summed E-state index contributed by atoms with van der Waals surface area (Å²) >= 11 is 0. The largest absolute Gasteiger partial charge is 0.343 e. The highest BCUT2D eigenvalue weighted by Crippen LogP contribution is 2.18. The molecule has 1 N–H and O–H groups in total. The zero-order chi connectivity index (χ0) is 13.8. The molecule has 1 fully saturated rings. The second kappa shape index (κ2) is 6.15. The molecule has 1 amide bonds. The van der Waals surface area contributed by atoms with Crippen LogP contribution >= 0.6 is 0 Å². The van der Waals surface area contributed by atoms with Crippen molar-refractivity contribution in [3.05, 3.63) is 35.6 Å². The smallest absolute Gasteiger partial charge is 0.219 e. The molecule has 3 nitrogen and oxygen atoms in total. The molecule has 1 saturated heterocycles. The summed E-state index contributed by atoms with van der Waals surface area (Å²) in [5, 5.41) is 3.52. The van der Waals surface area contributed by atoms with Crippen LogP contribution in [0.15, 0.2) is 24.3 Å². The first-order chi connectivity index (χ1) is 9.06. The monoisotopic (exact) mass is 264 g/mol. The minimum atomic E-state index is -0.197. The molecule has 0 saturated carbocycles. The standard InChI is InChI=1S/C15H21FN2O/c1-11(13-4-3-5-14(16)10-13)17-15-6-8-18(9-7-15)12(2)19/h3-5,10-11,15,17H,6-9H2,1-2H3/t11-/m0/s1. The fraction of sp³-hybridized carbons (Fsp3) is 0.533. The summed E-state index contributed by atoms with van der Waals surface area (Å²) in [6, 6.07) is 7.23. The van der Waals surface area contributed by atoms with Gasteiger partial charge in [-0.25, -0.2) is 4.39 Å². The SMILES string of the molecule is CC(=O)N1CCC(N[C@@H](C)c2cccc(F)c2)CC1. The molecule has 1 aromatic rings. The Morgan fingerprint density at radius 2 is 2.11 bits per heavy atom. The number of hydrogen-bond donors (Lipinski definition) is 1. The van der Waals surface area contributed by atoms with Gasteiger partial charge in [0.15, 0.2) is 0 Å². The maximum absolute atomic E-state index is 13.2. The van der Waals surface area contributed by atoms with Crippen molar-refractivity contribution in [1.29, 1.82) is 0 Å². The third-order valence-electron chi connectivity index (χ3n) is 3.77. The summed E-state index contributed by atoms with van der Waals surface area (Å²) < 4.78 is 13.2.